The highest BCUT2D eigenvalue weighted by Crippen LogP contribution is 2.23. The minimum atomic E-state index is -0.524. The van der Waals surface area contributed by atoms with Gasteiger partial charge in [-0.15, -0.1) is 0 Å². The largest absolute Gasteiger partial charge is 0.393 e. The van der Waals surface area contributed by atoms with Crippen LogP contribution in [-0.4, -0.2) is 23.7 Å². The van der Waals surface area contributed by atoms with E-state index in [0.29, 0.717) is 17.4 Å². The molecule has 1 aromatic carbocycles. The number of aliphatic hydroxyl groups excluding tert-OH is 1. The standard InChI is InChI=1S/C14H17BrFNO2/c15-10-4-5-13(16)12(7-10)14(19)17-8-9-2-1-3-11(18)6-9/h4-5,7,9,11,18H,1-3,6,8H2,(H,17,19). The van der Waals surface area contributed by atoms with Crippen LogP contribution in [0.5, 0.6) is 0 Å². The number of hydrogen-bond acceptors (Lipinski definition) is 2. The third-order valence-corrected chi connectivity index (χ3v) is 3.97. The summed E-state index contributed by atoms with van der Waals surface area (Å²) >= 11 is 3.22. The number of benzene rings is 1. The van der Waals surface area contributed by atoms with Crippen molar-refractivity contribution in [1.82, 2.24) is 5.32 Å². The summed E-state index contributed by atoms with van der Waals surface area (Å²) in [5.41, 5.74) is 0.0470. The molecule has 0 aromatic heterocycles. The van der Waals surface area contributed by atoms with E-state index in [4.69, 9.17) is 0 Å². The molecule has 2 N–H and O–H groups in total. The highest BCUT2D eigenvalue weighted by Gasteiger charge is 2.21. The SMILES string of the molecule is O=C(NCC1CCCC(O)C1)c1cc(Br)ccc1F. The number of carbonyl (C=O) groups excluding carboxylic acids is 1. The minimum Gasteiger partial charge on any atom is -0.393 e. The molecule has 3 nitrogen and oxygen atoms in total. The first-order valence-corrected chi connectivity index (χ1v) is 7.27. The zero-order chi connectivity index (χ0) is 13.8. The van der Waals surface area contributed by atoms with Gasteiger partial charge in [0.05, 0.1) is 11.7 Å². The van der Waals surface area contributed by atoms with Crippen molar-refractivity contribution in [2.45, 2.75) is 31.8 Å². The van der Waals surface area contributed by atoms with Crippen molar-refractivity contribution >= 4 is 21.8 Å². The Labute approximate surface area is 120 Å². The second-order valence-electron chi connectivity index (χ2n) is 5.02. The molecule has 0 aliphatic heterocycles. The fourth-order valence-electron chi connectivity index (χ4n) is 2.45. The lowest BCUT2D eigenvalue weighted by atomic mass is 9.87. The summed E-state index contributed by atoms with van der Waals surface area (Å²) in [6.45, 7) is 0.488. The molecular weight excluding hydrogens is 313 g/mol. The quantitative estimate of drug-likeness (QED) is 0.895. The van der Waals surface area contributed by atoms with Crippen LogP contribution < -0.4 is 5.32 Å². The van der Waals surface area contributed by atoms with E-state index in [0.717, 1.165) is 19.3 Å². The van der Waals surface area contributed by atoms with E-state index >= 15 is 0 Å². The van der Waals surface area contributed by atoms with Gasteiger partial charge in [-0.25, -0.2) is 4.39 Å². The number of carbonyl (C=O) groups is 1. The van der Waals surface area contributed by atoms with Gasteiger partial charge in [-0.1, -0.05) is 22.4 Å². The molecule has 5 heteroatoms. The van der Waals surface area contributed by atoms with Gasteiger partial charge >= 0.3 is 0 Å². The molecule has 1 aromatic rings. The summed E-state index contributed by atoms with van der Waals surface area (Å²) in [6.07, 6.45) is 3.26. The summed E-state index contributed by atoms with van der Waals surface area (Å²) in [6, 6.07) is 4.30. The first kappa shape index (κ1) is 14.5. The second-order valence-corrected chi connectivity index (χ2v) is 5.94. The number of halogens is 2. The molecule has 0 saturated heterocycles. The van der Waals surface area contributed by atoms with E-state index in [9.17, 15) is 14.3 Å². The molecule has 1 amide bonds. The molecule has 1 aliphatic carbocycles. The summed E-state index contributed by atoms with van der Waals surface area (Å²) in [4.78, 5) is 11.9. The van der Waals surface area contributed by atoms with Gasteiger partial charge in [-0.05, 0) is 43.4 Å². The van der Waals surface area contributed by atoms with Crippen LogP contribution in [0.1, 0.15) is 36.0 Å². The van der Waals surface area contributed by atoms with Crippen LogP contribution in [0, 0.1) is 11.7 Å². The highest BCUT2D eigenvalue weighted by atomic mass is 79.9. The van der Waals surface area contributed by atoms with Crippen LogP contribution in [0.4, 0.5) is 4.39 Å². The van der Waals surface area contributed by atoms with E-state index in [1.54, 1.807) is 6.07 Å². The topological polar surface area (TPSA) is 49.3 Å². The first-order chi connectivity index (χ1) is 9.06. The Morgan fingerprint density at radius 2 is 2.26 bits per heavy atom. The third-order valence-electron chi connectivity index (χ3n) is 3.48. The molecule has 2 unspecified atom stereocenters. The van der Waals surface area contributed by atoms with Gasteiger partial charge in [0.15, 0.2) is 0 Å². The first-order valence-electron chi connectivity index (χ1n) is 6.47. The van der Waals surface area contributed by atoms with E-state index in [1.165, 1.54) is 12.1 Å². The van der Waals surface area contributed by atoms with Crippen molar-refractivity contribution in [3.8, 4) is 0 Å². The number of rotatable bonds is 3. The smallest absolute Gasteiger partial charge is 0.254 e. The molecule has 19 heavy (non-hydrogen) atoms. The minimum absolute atomic E-state index is 0.0470. The maximum atomic E-state index is 13.5. The van der Waals surface area contributed by atoms with Crippen LogP contribution in [0.3, 0.4) is 0 Å². The Bertz CT molecular complexity index is 467. The molecule has 104 valence electrons. The van der Waals surface area contributed by atoms with Gasteiger partial charge in [-0.2, -0.15) is 0 Å². The number of hydrogen-bond donors (Lipinski definition) is 2. The van der Waals surface area contributed by atoms with Crippen LogP contribution >= 0.6 is 15.9 Å². The molecule has 1 aliphatic rings. The zero-order valence-corrected chi connectivity index (χ0v) is 12.1. The van der Waals surface area contributed by atoms with E-state index < -0.39 is 11.7 Å². The summed E-state index contributed by atoms with van der Waals surface area (Å²) < 4.78 is 14.2. The van der Waals surface area contributed by atoms with Crippen molar-refractivity contribution in [2.24, 2.45) is 5.92 Å². The highest BCUT2D eigenvalue weighted by molar-refractivity contribution is 9.10. The molecule has 0 bridgehead atoms. The number of amides is 1. The van der Waals surface area contributed by atoms with E-state index in [-0.39, 0.29) is 17.6 Å². The van der Waals surface area contributed by atoms with Gasteiger partial charge in [0.2, 0.25) is 0 Å². The van der Waals surface area contributed by atoms with Gasteiger partial charge < -0.3 is 10.4 Å². The lowest BCUT2D eigenvalue weighted by Gasteiger charge is -2.25. The number of nitrogens with one attached hydrogen (secondary N) is 1. The predicted octanol–water partition coefficient (Wildman–Crippen LogP) is 2.87. The van der Waals surface area contributed by atoms with Crippen molar-refractivity contribution in [2.75, 3.05) is 6.54 Å². The Kier molecular flexibility index (Phi) is 4.93. The summed E-state index contributed by atoms with van der Waals surface area (Å²) in [5.74, 6) is -0.647. The van der Waals surface area contributed by atoms with Gasteiger partial charge in [0.1, 0.15) is 5.82 Å². The Morgan fingerprint density at radius 1 is 1.47 bits per heavy atom. The van der Waals surface area contributed by atoms with Gasteiger partial charge in [0, 0.05) is 11.0 Å². The second kappa shape index (κ2) is 6.48. The van der Waals surface area contributed by atoms with E-state index in [1.807, 2.05) is 0 Å². The molecule has 1 fully saturated rings. The average molecular weight is 330 g/mol. The molecule has 2 rings (SSSR count). The third kappa shape index (κ3) is 4.01. The monoisotopic (exact) mass is 329 g/mol. The summed E-state index contributed by atoms with van der Waals surface area (Å²) in [5, 5.41) is 12.3. The van der Waals surface area contributed by atoms with E-state index in [2.05, 4.69) is 21.2 Å². The Morgan fingerprint density at radius 3 is 3.00 bits per heavy atom. The fourth-order valence-corrected chi connectivity index (χ4v) is 2.81. The Hall–Kier alpha value is -0.940. The van der Waals surface area contributed by atoms with Gasteiger partial charge in [0.25, 0.3) is 5.91 Å². The molecule has 1 saturated carbocycles. The lowest BCUT2D eigenvalue weighted by molar-refractivity contribution is 0.0871. The molecule has 0 radical (unpaired) electrons. The molecule has 2 atom stereocenters. The normalized spacial score (nSPS) is 23.1. The molecular formula is C14H17BrFNO2. The van der Waals surface area contributed by atoms with Crippen LogP contribution in [-0.2, 0) is 0 Å². The lowest BCUT2D eigenvalue weighted by Crippen LogP contribution is -2.33. The summed E-state index contributed by atoms with van der Waals surface area (Å²) in [7, 11) is 0. The maximum Gasteiger partial charge on any atom is 0.254 e. The van der Waals surface area contributed by atoms with Crippen molar-refractivity contribution in [1.29, 1.82) is 0 Å². The van der Waals surface area contributed by atoms with Crippen molar-refractivity contribution in [3.63, 3.8) is 0 Å². The molecule has 0 spiro atoms. The zero-order valence-electron chi connectivity index (χ0n) is 10.5. The Balaban J connectivity index is 1.92. The van der Waals surface area contributed by atoms with Crippen molar-refractivity contribution in [3.05, 3.63) is 34.1 Å². The fraction of sp³-hybridized carbons (Fsp3) is 0.500. The van der Waals surface area contributed by atoms with Crippen LogP contribution in [0.2, 0.25) is 0 Å². The predicted molar refractivity (Wildman–Crippen MR) is 74.4 cm³/mol. The number of aliphatic hydroxyl groups is 1. The molecule has 0 heterocycles. The maximum absolute atomic E-state index is 13.5. The van der Waals surface area contributed by atoms with Crippen molar-refractivity contribution < 1.29 is 14.3 Å². The average Bonchev–Trinajstić information content (AvgIpc) is 2.39. The van der Waals surface area contributed by atoms with Crippen LogP contribution in [0.25, 0.3) is 0 Å². The van der Waals surface area contributed by atoms with Crippen LogP contribution in [0.15, 0.2) is 22.7 Å². The van der Waals surface area contributed by atoms with Gasteiger partial charge in [-0.3, -0.25) is 4.79 Å².